The molecule has 0 aromatic heterocycles. The fraction of sp³-hybridized carbons (Fsp3) is 0.188. The van der Waals surface area contributed by atoms with Gasteiger partial charge in [0.1, 0.15) is 11.5 Å². The van der Waals surface area contributed by atoms with Crippen molar-refractivity contribution in [3.8, 4) is 11.5 Å². The summed E-state index contributed by atoms with van der Waals surface area (Å²) in [5.74, 6) is 1.37. The highest BCUT2D eigenvalue weighted by Crippen LogP contribution is 2.33. The number of carbonyl (C=O) groups excluding carboxylic acids is 1. The molecule has 1 saturated carbocycles. The molecule has 0 saturated heterocycles. The number of hydrogen-bond donors (Lipinski definition) is 2. The van der Waals surface area contributed by atoms with Gasteiger partial charge in [-0.25, -0.2) is 0 Å². The van der Waals surface area contributed by atoms with E-state index >= 15 is 0 Å². The first-order chi connectivity index (χ1) is 10.1. The Kier molecular flexibility index (Phi) is 3.71. The predicted octanol–water partition coefficient (Wildman–Crippen LogP) is 4.06. The van der Waals surface area contributed by atoms with Crippen LogP contribution in [0.5, 0.6) is 11.5 Å². The lowest BCUT2D eigenvalue weighted by molar-refractivity contribution is -0.117. The van der Waals surface area contributed by atoms with Crippen molar-refractivity contribution in [2.24, 2.45) is 5.92 Å². The third-order valence-corrected chi connectivity index (χ3v) is 3.53. The highest BCUT2D eigenvalue weighted by molar-refractivity contribution is 6.32. The first kappa shape index (κ1) is 13.8. The van der Waals surface area contributed by atoms with Crippen LogP contribution >= 0.6 is 11.6 Å². The second-order valence-corrected chi connectivity index (χ2v) is 5.49. The first-order valence-corrected chi connectivity index (χ1v) is 7.13. The molecule has 1 aliphatic carbocycles. The number of ether oxygens (including phenoxy) is 1. The van der Waals surface area contributed by atoms with Crippen LogP contribution in [-0.2, 0) is 4.79 Å². The number of anilines is 2. The summed E-state index contributed by atoms with van der Waals surface area (Å²) in [6, 6.07) is 12.3. The molecule has 0 unspecified atom stereocenters. The van der Waals surface area contributed by atoms with Crippen molar-refractivity contribution in [2.45, 2.75) is 12.8 Å². The maximum atomic E-state index is 11.7. The molecule has 108 valence electrons. The van der Waals surface area contributed by atoms with E-state index in [2.05, 4.69) is 5.32 Å². The Balaban J connectivity index is 1.74. The van der Waals surface area contributed by atoms with Crippen molar-refractivity contribution < 1.29 is 9.53 Å². The average Bonchev–Trinajstić information content (AvgIpc) is 3.27. The molecule has 0 spiro atoms. The van der Waals surface area contributed by atoms with Crippen LogP contribution in [0.2, 0.25) is 5.02 Å². The molecule has 1 aliphatic rings. The summed E-state index contributed by atoms with van der Waals surface area (Å²) in [5.41, 5.74) is 6.95. The summed E-state index contributed by atoms with van der Waals surface area (Å²) >= 11 is 6.08. The Bertz CT molecular complexity index is 684. The zero-order chi connectivity index (χ0) is 14.8. The normalized spacial score (nSPS) is 13.8. The van der Waals surface area contributed by atoms with Crippen LogP contribution < -0.4 is 15.8 Å². The number of hydrogen-bond acceptors (Lipinski definition) is 3. The highest BCUT2D eigenvalue weighted by atomic mass is 35.5. The van der Waals surface area contributed by atoms with Gasteiger partial charge >= 0.3 is 0 Å². The molecule has 3 rings (SSSR count). The van der Waals surface area contributed by atoms with Crippen molar-refractivity contribution in [1.29, 1.82) is 0 Å². The molecule has 5 heteroatoms. The summed E-state index contributed by atoms with van der Waals surface area (Å²) in [4.78, 5) is 11.7. The molecule has 21 heavy (non-hydrogen) atoms. The van der Waals surface area contributed by atoms with Gasteiger partial charge in [0.25, 0.3) is 0 Å². The molecule has 1 fully saturated rings. The molecule has 1 amide bonds. The van der Waals surface area contributed by atoms with Crippen molar-refractivity contribution in [3.05, 3.63) is 47.5 Å². The average molecular weight is 303 g/mol. The lowest BCUT2D eigenvalue weighted by Gasteiger charge is -2.10. The van der Waals surface area contributed by atoms with E-state index in [0.29, 0.717) is 22.2 Å². The third kappa shape index (κ3) is 3.47. The molecule has 2 aromatic rings. The lowest BCUT2D eigenvalue weighted by atomic mass is 10.2. The van der Waals surface area contributed by atoms with Gasteiger partial charge in [0.2, 0.25) is 5.91 Å². The van der Waals surface area contributed by atoms with Crippen molar-refractivity contribution >= 4 is 28.9 Å². The maximum absolute atomic E-state index is 11.7. The van der Waals surface area contributed by atoms with Crippen LogP contribution in [0.3, 0.4) is 0 Å². The zero-order valence-corrected chi connectivity index (χ0v) is 12.1. The van der Waals surface area contributed by atoms with E-state index < -0.39 is 0 Å². The summed E-state index contributed by atoms with van der Waals surface area (Å²) in [7, 11) is 0. The zero-order valence-electron chi connectivity index (χ0n) is 11.3. The lowest BCUT2D eigenvalue weighted by Crippen LogP contribution is -2.13. The number of halogens is 1. The number of amides is 1. The molecule has 0 aliphatic heterocycles. The summed E-state index contributed by atoms with van der Waals surface area (Å²) in [6.07, 6.45) is 1.95. The fourth-order valence-electron chi connectivity index (χ4n) is 1.95. The predicted molar refractivity (Wildman–Crippen MR) is 83.7 cm³/mol. The first-order valence-electron chi connectivity index (χ1n) is 6.75. The summed E-state index contributed by atoms with van der Waals surface area (Å²) in [5, 5.41) is 3.33. The molecular weight excluding hydrogens is 288 g/mol. The molecule has 0 atom stereocenters. The van der Waals surface area contributed by atoms with Gasteiger partial charge in [-0.1, -0.05) is 17.7 Å². The molecule has 2 aromatic carbocycles. The van der Waals surface area contributed by atoms with Crippen LogP contribution in [0.4, 0.5) is 11.4 Å². The number of nitrogens with one attached hydrogen (secondary N) is 1. The second kappa shape index (κ2) is 5.66. The van der Waals surface area contributed by atoms with Crippen LogP contribution in [-0.4, -0.2) is 5.91 Å². The van der Waals surface area contributed by atoms with Gasteiger partial charge in [-0.2, -0.15) is 0 Å². The van der Waals surface area contributed by atoms with E-state index in [1.54, 1.807) is 30.3 Å². The van der Waals surface area contributed by atoms with Crippen LogP contribution in [0, 0.1) is 5.92 Å². The van der Waals surface area contributed by atoms with Gasteiger partial charge in [0, 0.05) is 23.4 Å². The Morgan fingerprint density at radius 2 is 2.05 bits per heavy atom. The SMILES string of the molecule is Nc1ccc(Oc2cccc(NC(=O)C3CC3)c2)c(Cl)c1. The molecule has 0 radical (unpaired) electrons. The monoisotopic (exact) mass is 302 g/mol. The molecule has 0 bridgehead atoms. The van der Waals surface area contributed by atoms with E-state index in [1.807, 2.05) is 12.1 Å². The maximum Gasteiger partial charge on any atom is 0.227 e. The Morgan fingerprint density at radius 1 is 1.24 bits per heavy atom. The third-order valence-electron chi connectivity index (χ3n) is 3.23. The number of nitrogens with two attached hydrogens (primary N) is 1. The van der Waals surface area contributed by atoms with Gasteiger partial charge in [0.05, 0.1) is 5.02 Å². The van der Waals surface area contributed by atoms with E-state index in [-0.39, 0.29) is 11.8 Å². The van der Waals surface area contributed by atoms with Crippen molar-refractivity contribution in [1.82, 2.24) is 0 Å². The summed E-state index contributed by atoms with van der Waals surface area (Å²) < 4.78 is 5.72. The van der Waals surface area contributed by atoms with Gasteiger partial charge in [-0.15, -0.1) is 0 Å². The minimum absolute atomic E-state index is 0.0673. The molecule has 0 heterocycles. The number of rotatable bonds is 4. The van der Waals surface area contributed by atoms with Gasteiger partial charge < -0.3 is 15.8 Å². The largest absolute Gasteiger partial charge is 0.456 e. The minimum Gasteiger partial charge on any atom is -0.456 e. The van der Waals surface area contributed by atoms with E-state index in [1.165, 1.54) is 0 Å². The molecule has 4 nitrogen and oxygen atoms in total. The summed E-state index contributed by atoms with van der Waals surface area (Å²) in [6.45, 7) is 0. The van der Waals surface area contributed by atoms with Gasteiger partial charge in [-0.3, -0.25) is 4.79 Å². The van der Waals surface area contributed by atoms with E-state index in [0.717, 1.165) is 18.5 Å². The van der Waals surface area contributed by atoms with Gasteiger partial charge in [-0.05, 0) is 43.2 Å². The van der Waals surface area contributed by atoms with E-state index in [4.69, 9.17) is 22.1 Å². The quantitative estimate of drug-likeness (QED) is 0.837. The van der Waals surface area contributed by atoms with E-state index in [9.17, 15) is 4.79 Å². The van der Waals surface area contributed by atoms with Crippen LogP contribution in [0.15, 0.2) is 42.5 Å². The smallest absolute Gasteiger partial charge is 0.227 e. The molecular formula is C16H15ClN2O2. The molecule has 3 N–H and O–H groups in total. The Hall–Kier alpha value is -2.20. The Labute approximate surface area is 127 Å². The number of carbonyl (C=O) groups is 1. The minimum atomic E-state index is 0.0673. The highest BCUT2D eigenvalue weighted by Gasteiger charge is 2.29. The van der Waals surface area contributed by atoms with Crippen molar-refractivity contribution in [3.63, 3.8) is 0 Å². The van der Waals surface area contributed by atoms with Gasteiger partial charge in [0.15, 0.2) is 0 Å². The van der Waals surface area contributed by atoms with Crippen molar-refractivity contribution in [2.75, 3.05) is 11.1 Å². The number of nitrogen functional groups attached to an aromatic ring is 1. The van der Waals surface area contributed by atoms with Crippen LogP contribution in [0.1, 0.15) is 12.8 Å². The topological polar surface area (TPSA) is 64.3 Å². The number of benzene rings is 2. The fourth-order valence-corrected chi connectivity index (χ4v) is 2.18. The standard InChI is InChI=1S/C16H15ClN2O2/c17-14-8-11(18)6-7-15(14)21-13-3-1-2-12(9-13)19-16(20)10-4-5-10/h1-3,6-10H,4-5,18H2,(H,19,20). The van der Waals surface area contributed by atoms with Crippen LogP contribution in [0.25, 0.3) is 0 Å². The second-order valence-electron chi connectivity index (χ2n) is 5.08. The Morgan fingerprint density at radius 3 is 2.76 bits per heavy atom.